The Morgan fingerprint density at radius 2 is 1.71 bits per heavy atom. The fourth-order valence-electron chi connectivity index (χ4n) is 2.29. The molecule has 0 fully saturated rings. The van der Waals surface area contributed by atoms with Crippen molar-refractivity contribution in [2.45, 2.75) is 47.0 Å². The largest absolute Gasteiger partial charge is 0.299 e. The summed E-state index contributed by atoms with van der Waals surface area (Å²) in [6.07, 6.45) is 0.116. The van der Waals surface area contributed by atoms with Gasteiger partial charge in [0.15, 0.2) is 0 Å². The molecule has 0 aliphatic carbocycles. The lowest BCUT2D eigenvalue weighted by molar-refractivity contribution is -0.140. The number of benzene rings is 1. The predicted molar refractivity (Wildman–Crippen MR) is 82.1 cm³/mol. The van der Waals surface area contributed by atoms with Gasteiger partial charge >= 0.3 is 0 Å². The van der Waals surface area contributed by atoms with E-state index in [9.17, 15) is 9.59 Å². The Hall–Kier alpha value is -1.68. The van der Waals surface area contributed by atoms with E-state index >= 15 is 0 Å². The molecule has 0 saturated carbocycles. The van der Waals surface area contributed by atoms with E-state index in [1.165, 1.54) is 0 Å². The van der Waals surface area contributed by atoms with Crippen molar-refractivity contribution in [2.24, 2.45) is 11.3 Å². The van der Waals surface area contributed by atoms with E-state index in [4.69, 9.17) is 5.21 Å². The maximum atomic E-state index is 12.4. The van der Waals surface area contributed by atoms with Gasteiger partial charge in [-0.1, -0.05) is 57.5 Å². The van der Waals surface area contributed by atoms with E-state index in [2.05, 4.69) is 0 Å². The first-order valence-corrected chi connectivity index (χ1v) is 7.20. The van der Waals surface area contributed by atoms with Crippen LogP contribution in [0.25, 0.3) is 0 Å². The molecule has 0 aliphatic heterocycles. The van der Waals surface area contributed by atoms with Crippen molar-refractivity contribution in [1.82, 2.24) is 5.48 Å². The smallest absolute Gasteiger partial charge is 0.247 e. The first-order chi connectivity index (χ1) is 9.66. The number of Topliss-reactive ketones (excluding diaryl/α,β-unsaturated/α-hetero) is 1. The van der Waals surface area contributed by atoms with Crippen LogP contribution in [0.15, 0.2) is 24.3 Å². The molecule has 1 rings (SSSR count). The van der Waals surface area contributed by atoms with Crippen LogP contribution in [0.1, 0.15) is 51.2 Å². The number of carbonyl (C=O) groups excluding carboxylic acids is 2. The van der Waals surface area contributed by atoms with Gasteiger partial charge in [0.25, 0.3) is 0 Å². The van der Waals surface area contributed by atoms with Gasteiger partial charge < -0.3 is 0 Å². The quantitative estimate of drug-likeness (QED) is 0.646. The summed E-state index contributed by atoms with van der Waals surface area (Å²) in [6, 6.07) is 7.83. The van der Waals surface area contributed by atoms with E-state index in [1.54, 1.807) is 5.48 Å². The van der Waals surface area contributed by atoms with Gasteiger partial charge in [0.2, 0.25) is 5.91 Å². The molecule has 2 N–H and O–H groups in total. The molecule has 0 spiro atoms. The molecule has 0 radical (unpaired) electrons. The Bertz CT molecular complexity index is 500. The number of hydrogen-bond acceptors (Lipinski definition) is 3. The van der Waals surface area contributed by atoms with Crippen molar-refractivity contribution >= 4 is 11.7 Å². The number of ketones is 1. The molecule has 0 aromatic heterocycles. The third kappa shape index (κ3) is 4.67. The molecule has 0 bridgehead atoms. The Labute approximate surface area is 126 Å². The van der Waals surface area contributed by atoms with Gasteiger partial charge in [-0.05, 0) is 17.9 Å². The van der Waals surface area contributed by atoms with Gasteiger partial charge in [0.1, 0.15) is 5.78 Å². The molecule has 116 valence electrons. The second-order valence-electron chi connectivity index (χ2n) is 6.70. The Morgan fingerprint density at radius 1 is 1.19 bits per heavy atom. The fraction of sp³-hybridized carbons (Fsp3) is 0.529. The van der Waals surface area contributed by atoms with Gasteiger partial charge in [0.05, 0.1) is 5.92 Å². The first-order valence-electron chi connectivity index (χ1n) is 7.20. The van der Waals surface area contributed by atoms with Crippen molar-refractivity contribution in [3.8, 4) is 0 Å². The first kappa shape index (κ1) is 17.4. The topological polar surface area (TPSA) is 66.4 Å². The number of hydrogen-bond donors (Lipinski definition) is 2. The van der Waals surface area contributed by atoms with Gasteiger partial charge in [-0.2, -0.15) is 0 Å². The molecule has 4 nitrogen and oxygen atoms in total. The predicted octanol–water partition coefficient (Wildman–Crippen LogP) is 3.23. The standard InChI is InChI=1S/C17H25NO3/c1-11-6-8-13(9-7-11)12(2)15(19)10-14(16(20)18-21)17(3,4)5/h6-9,12,14,21H,10H2,1-5H3,(H,18,20)/t12?,14-/m0/s1. The number of hydroxylamine groups is 1. The minimum absolute atomic E-state index is 0.00220. The molecule has 0 heterocycles. The highest BCUT2D eigenvalue weighted by molar-refractivity contribution is 5.90. The van der Waals surface area contributed by atoms with E-state index in [0.717, 1.165) is 11.1 Å². The van der Waals surface area contributed by atoms with Gasteiger partial charge in [0, 0.05) is 12.3 Å². The normalized spacial score (nSPS) is 14.4. The number of aryl methyl sites for hydroxylation is 1. The molecule has 21 heavy (non-hydrogen) atoms. The number of carbonyl (C=O) groups is 2. The molecule has 0 aliphatic rings. The number of rotatable bonds is 5. The summed E-state index contributed by atoms with van der Waals surface area (Å²) in [4.78, 5) is 24.2. The molecule has 1 amide bonds. The average molecular weight is 291 g/mol. The highest BCUT2D eigenvalue weighted by atomic mass is 16.5. The second-order valence-corrected chi connectivity index (χ2v) is 6.70. The maximum Gasteiger partial charge on any atom is 0.247 e. The van der Waals surface area contributed by atoms with Gasteiger partial charge in [-0.3, -0.25) is 14.8 Å². The Kier molecular flexibility index (Phi) is 5.67. The van der Waals surface area contributed by atoms with E-state index in [0.29, 0.717) is 0 Å². The average Bonchev–Trinajstić information content (AvgIpc) is 2.42. The summed E-state index contributed by atoms with van der Waals surface area (Å²) in [6.45, 7) is 9.51. The summed E-state index contributed by atoms with van der Waals surface area (Å²) in [5.41, 5.74) is 3.37. The minimum atomic E-state index is -0.553. The van der Waals surface area contributed by atoms with E-state index < -0.39 is 17.2 Å². The number of amides is 1. The second kappa shape index (κ2) is 6.85. The summed E-state index contributed by atoms with van der Waals surface area (Å²) in [7, 11) is 0. The van der Waals surface area contributed by atoms with Crippen LogP contribution in [0, 0.1) is 18.3 Å². The van der Waals surface area contributed by atoms with E-state index in [1.807, 2.05) is 58.9 Å². The zero-order chi connectivity index (χ0) is 16.2. The highest BCUT2D eigenvalue weighted by Gasteiger charge is 2.34. The van der Waals surface area contributed by atoms with Crippen LogP contribution in [0.4, 0.5) is 0 Å². The SMILES string of the molecule is Cc1ccc(C(C)C(=O)C[C@@H](C(=O)NO)C(C)(C)C)cc1. The third-order valence-electron chi connectivity index (χ3n) is 3.94. The van der Waals surface area contributed by atoms with Crippen molar-refractivity contribution < 1.29 is 14.8 Å². The Balaban J connectivity index is 2.86. The summed E-state index contributed by atoms with van der Waals surface area (Å²) < 4.78 is 0. The van der Waals surface area contributed by atoms with Crippen LogP contribution in [-0.4, -0.2) is 16.9 Å². The van der Waals surface area contributed by atoms with Crippen LogP contribution in [-0.2, 0) is 9.59 Å². The van der Waals surface area contributed by atoms with Crippen LogP contribution in [0.5, 0.6) is 0 Å². The van der Waals surface area contributed by atoms with Crippen LogP contribution >= 0.6 is 0 Å². The molecule has 4 heteroatoms. The maximum absolute atomic E-state index is 12.4. The monoisotopic (exact) mass is 291 g/mol. The molecule has 1 unspecified atom stereocenters. The van der Waals surface area contributed by atoms with Crippen molar-refractivity contribution in [2.75, 3.05) is 0 Å². The van der Waals surface area contributed by atoms with Gasteiger partial charge in [-0.25, -0.2) is 5.48 Å². The lowest BCUT2D eigenvalue weighted by Crippen LogP contribution is -2.38. The fourth-order valence-corrected chi connectivity index (χ4v) is 2.29. The molecule has 1 aromatic rings. The zero-order valence-electron chi connectivity index (χ0n) is 13.4. The summed E-state index contributed by atoms with van der Waals surface area (Å²) in [5, 5.41) is 8.86. The van der Waals surface area contributed by atoms with Crippen molar-refractivity contribution in [3.63, 3.8) is 0 Å². The number of nitrogens with one attached hydrogen (secondary N) is 1. The molecule has 0 saturated heterocycles. The van der Waals surface area contributed by atoms with Gasteiger partial charge in [-0.15, -0.1) is 0 Å². The van der Waals surface area contributed by atoms with Crippen LogP contribution < -0.4 is 5.48 Å². The Morgan fingerprint density at radius 3 is 2.14 bits per heavy atom. The molecular formula is C17H25NO3. The van der Waals surface area contributed by atoms with Crippen LogP contribution in [0.2, 0.25) is 0 Å². The lowest BCUT2D eigenvalue weighted by atomic mass is 9.75. The zero-order valence-corrected chi connectivity index (χ0v) is 13.4. The highest BCUT2D eigenvalue weighted by Crippen LogP contribution is 2.31. The third-order valence-corrected chi connectivity index (χ3v) is 3.94. The summed E-state index contributed by atoms with van der Waals surface area (Å²) >= 11 is 0. The van der Waals surface area contributed by atoms with E-state index in [-0.39, 0.29) is 18.1 Å². The van der Waals surface area contributed by atoms with Crippen molar-refractivity contribution in [1.29, 1.82) is 0 Å². The molecule has 1 aromatic carbocycles. The van der Waals surface area contributed by atoms with Crippen LogP contribution in [0.3, 0.4) is 0 Å². The summed E-state index contributed by atoms with van der Waals surface area (Å²) in [5.74, 6) is -1.32. The lowest BCUT2D eigenvalue weighted by Gasteiger charge is -2.29. The van der Waals surface area contributed by atoms with Crippen molar-refractivity contribution in [3.05, 3.63) is 35.4 Å². The molecular weight excluding hydrogens is 266 g/mol. The molecule has 2 atom stereocenters. The minimum Gasteiger partial charge on any atom is -0.299 e.